The van der Waals surface area contributed by atoms with E-state index in [-0.39, 0.29) is 28.8 Å². The maximum Gasteiger partial charge on any atom is 0.258 e. The van der Waals surface area contributed by atoms with Gasteiger partial charge in [-0.25, -0.2) is 16.8 Å². The van der Waals surface area contributed by atoms with Crippen LogP contribution in [0.4, 0.5) is 0 Å². The van der Waals surface area contributed by atoms with E-state index in [9.17, 15) is 21.6 Å². The maximum atomic E-state index is 12.7. The first-order valence-corrected chi connectivity index (χ1v) is 14.4. The molecule has 0 atom stereocenters. The van der Waals surface area contributed by atoms with Crippen molar-refractivity contribution in [2.45, 2.75) is 16.3 Å². The van der Waals surface area contributed by atoms with E-state index in [1.54, 1.807) is 12.1 Å². The predicted molar refractivity (Wildman–Crippen MR) is 129 cm³/mol. The number of morpholine rings is 2. The van der Waals surface area contributed by atoms with Crippen molar-refractivity contribution in [3.63, 3.8) is 0 Å². The number of hydrogen-bond acceptors (Lipinski definition) is 8. The van der Waals surface area contributed by atoms with Gasteiger partial charge in [0, 0.05) is 32.7 Å². The van der Waals surface area contributed by atoms with Crippen LogP contribution in [-0.4, -0.2) is 90.6 Å². The van der Waals surface area contributed by atoms with Crippen LogP contribution in [0.1, 0.15) is 5.56 Å². The van der Waals surface area contributed by atoms with Crippen LogP contribution in [0.3, 0.4) is 0 Å². The lowest BCUT2D eigenvalue weighted by molar-refractivity contribution is -0.123. The molecule has 11 nitrogen and oxygen atoms in total. The van der Waals surface area contributed by atoms with E-state index in [2.05, 4.69) is 5.32 Å². The van der Waals surface area contributed by atoms with E-state index < -0.39 is 20.0 Å². The predicted octanol–water partition coefficient (Wildman–Crippen LogP) is 0.424. The minimum Gasteiger partial charge on any atom is -0.484 e. The maximum absolute atomic E-state index is 12.7. The van der Waals surface area contributed by atoms with Crippen molar-refractivity contribution in [1.29, 1.82) is 0 Å². The van der Waals surface area contributed by atoms with E-state index in [0.717, 1.165) is 5.56 Å². The number of carbonyl (C=O) groups excluding carboxylic acids is 1. The molecule has 2 aliphatic heterocycles. The molecule has 36 heavy (non-hydrogen) atoms. The molecule has 0 spiro atoms. The Balaban J connectivity index is 1.25. The fourth-order valence-electron chi connectivity index (χ4n) is 3.76. The molecule has 0 aliphatic carbocycles. The average molecular weight is 540 g/mol. The van der Waals surface area contributed by atoms with Crippen molar-refractivity contribution in [3.8, 4) is 5.75 Å². The van der Waals surface area contributed by atoms with E-state index in [0.29, 0.717) is 58.4 Å². The zero-order valence-electron chi connectivity index (χ0n) is 19.7. The minimum absolute atomic E-state index is 0.153. The topological polar surface area (TPSA) is 132 Å². The van der Waals surface area contributed by atoms with Gasteiger partial charge in [0.25, 0.3) is 5.91 Å². The van der Waals surface area contributed by atoms with Gasteiger partial charge in [-0.2, -0.15) is 8.61 Å². The number of benzene rings is 2. The van der Waals surface area contributed by atoms with Crippen molar-refractivity contribution >= 4 is 26.0 Å². The molecular weight excluding hydrogens is 510 g/mol. The highest BCUT2D eigenvalue weighted by Crippen LogP contribution is 2.21. The van der Waals surface area contributed by atoms with Crippen molar-refractivity contribution in [2.24, 2.45) is 0 Å². The Bertz CT molecular complexity index is 1140. The van der Waals surface area contributed by atoms with Gasteiger partial charge >= 0.3 is 0 Å². The van der Waals surface area contributed by atoms with Crippen LogP contribution in [0.5, 0.6) is 5.75 Å². The van der Waals surface area contributed by atoms with Crippen molar-refractivity contribution in [2.75, 3.05) is 59.2 Å². The first-order chi connectivity index (χ1) is 17.3. The third-order valence-corrected chi connectivity index (χ3v) is 9.65. The van der Waals surface area contributed by atoms with Gasteiger partial charge in [0.15, 0.2) is 6.61 Å². The van der Waals surface area contributed by atoms with Crippen molar-refractivity contribution < 1.29 is 35.8 Å². The van der Waals surface area contributed by atoms with E-state index >= 15 is 0 Å². The molecule has 2 fully saturated rings. The van der Waals surface area contributed by atoms with Crippen molar-refractivity contribution in [3.05, 3.63) is 54.1 Å². The van der Waals surface area contributed by atoms with Crippen LogP contribution < -0.4 is 10.1 Å². The molecule has 4 rings (SSSR count). The Labute approximate surface area is 211 Å². The summed E-state index contributed by atoms with van der Waals surface area (Å²) in [5.41, 5.74) is 0.738. The molecule has 1 amide bonds. The molecule has 0 saturated carbocycles. The van der Waals surface area contributed by atoms with E-state index in [1.165, 1.54) is 45.0 Å². The average Bonchev–Trinajstić information content (AvgIpc) is 2.92. The second-order valence-electron chi connectivity index (χ2n) is 8.21. The summed E-state index contributed by atoms with van der Waals surface area (Å²) in [7, 11) is -7.16. The Morgan fingerprint density at radius 1 is 0.750 bits per heavy atom. The van der Waals surface area contributed by atoms with Gasteiger partial charge in [0.1, 0.15) is 5.75 Å². The summed E-state index contributed by atoms with van der Waals surface area (Å²) in [6.45, 7) is 2.72. The highest BCUT2D eigenvalue weighted by atomic mass is 32.2. The molecule has 0 bridgehead atoms. The molecule has 2 saturated heterocycles. The summed E-state index contributed by atoms with van der Waals surface area (Å²) >= 11 is 0. The molecule has 2 aliphatic rings. The second kappa shape index (κ2) is 11.7. The molecule has 0 unspecified atom stereocenters. The largest absolute Gasteiger partial charge is 0.484 e. The van der Waals surface area contributed by atoms with Gasteiger partial charge < -0.3 is 19.5 Å². The number of hydrogen-bond donors (Lipinski definition) is 1. The zero-order valence-corrected chi connectivity index (χ0v) is 21.3. The molecule has 1 N–H and O–H groups in total. The number of amides is 1. The molecular formula is C23H29N3O8S2. The first kappa shape index (κ1) is 26.5. The van der Waals surface area contributed by atoms with Crippen molar-refractivity contribution in [1.82, 2.24) is 13.9 Å². The van der Waals surface area contributed by atoms with Gasteiger partial charge in [-0.05, 0) is 42.0 Å². The molecule has 13 heteroatoms. The van der Waals surface area contributed by atoms with Crippen LogP contribution in [0.2, 0.25) is 0 Å². The molecule has 2 heterocycles. The Hall–Kier alpha value is -2.55. The van der Waals surface area contributed by atoms with Crippen LogP contribution in [0, 0.1) is 0 Å². The second-order valence-corrected chi connectivity index (χ2v) is 12.1. The fourth-order valence-corrected chi connectivity index (χ4v) is 6.58. The molecule has 0 aromatic heterocycles. The number of nitrogens with one attached hydrogen (secondary N) is 1. The third kappa shape index (κ3) is 6.41. The standard InChI is InChI=1S/C23H29N3O8S2/c27-23(18-34-20-3-7-22(8-4-20)36(30,31)26-11-15-33-16-12-26)24-17-19-1-5-21(6-2-19)35(28,29)25-9-13-32-14-10-25/h1-8H,9-18H2,(H,24,27). The van der Waals surface area contributed by atoms with Gasteiger partial charge in [-0.3, -0.25) is 4.79 Å². The fraction of sp³-hybridized carbons (Fsp3) is 0.435. The molecule has 2 aromatic carbocycles. The molecule has 0 radical (unpaired) electrons. The molecule has 2 aromatic rings. The number of sulfonamides is 2. The van der Waals surface area contributed by atoms with Gasteiger partial charge in [-0.1, -0.05) is 12.1 Å². The van der Waals surface area contributed by atoms with Crippen LogP contribution in [0.25, 0.3) is 0 Å². The summed E-state index contributed by atoms with van der Waals surface area (Å²) in [6.07, 6.45) is 0. The SMILES string of the molecule is O=C(COc1ccc(S(=O)(=O)N2CCOCC2)cc1)NCc1ccc(S(=O)(=O)N2CCOCC2)cc1. The molecule has 196 valence electrons. The van der Waals surface area contributed by atoms with Crippen LogP contribution >= 0.6 is 0 Å². The Morgan fingerprint density at radius 3 is 1.67 bits per heavy atom. The summed E-state index contributed by atoms with van der Waals surface area (Å²) in [5.74, 6) is -0.00576. The lowest BCUT2D eigenvalue weighted by Gasteiger charge is -2.26. The Kier molecular flexibility index (Phi) is 8.59. The highest BCUT2D eigenvalue weighted by Gasteiger charge is 2.27. The number of ether oxygens (including phenoxy) is 3. The lowest BCUT2D eigenvalue weighted by Crippen LogP contribution is -2.40. The van der Waals surface area contributed by atoms with E-state index in [4.69, 9.17) is 14.2 Å². The Morgan fingerprint density at radius 2 is 1.19 bits per heavy atom. The number of carbonyl (C=O) groups is 1. The highest BCUT2D eigenvalue weighted by molar-refractivity contribution is 7.89. The van der Waals surface area contributed by atoms with E-state index in [1.807, 2.05) is 0 Å². The number of nitrogens with zero attached hydrogens (tertiary/aromatic N) is 2. The normalized spacial score (nSPS) is 18.0. The number of rotatable bonds is 9. The monoisotopic (exact) mass is 539 g/mol. The first-order valence-electron chi connectivity index (χ1n) is 11.5. The quantitative estimate of drug-likeness (QED) is 0.485. The minimum atomic E-state index is -3.60. The van der Waals surface area contributed by atoms with Gasteiger partial charge in [0.2, 0.25) is 20.0 Å². The smallest absolute Gasteiger partial charge is 0.258 e. The zero-order chi connectivity index (χ0) is 25.6. The van der Waals surface area contributed by atoms with Gasteiger partial charge in [0.05, 0.1) is 36.2 Å². The lowest BCUT2D eigenvalue weighted by atomic mass is 10.2. The third-order valence-electron chi connectivity index (χ3n) is 5.82. The summed E-state index contributed by atoms with van der Waals surface area (Å²) < 4.78 is 69.3. The van der Waals surface area contributed by atoms with Gasteiger partial charge in [-0.15, -0.1) is 0 Å². The summed E-state index contributed by atoms with van der Waals surface area (Å²) in [6, 6.07) is 12.3. The van der Waals surface area contributed by atoms with Crippen LogP contribution in [0.15, 0.2) is 58.3 Å². The summed E-state index contributed by atoms with van der Waals surface area (Å²) in [4.78, 5) is 12.5. The summed E-state index contributed by atoms with van der Waals surface area (Å²) in [5, 5.41) is 2.71. The van der Waals surface area contributed by atoms with Crippen LogP contribution in [-0.2, 0) is 40.9 Å².